The SMILES string of the molecule is CC(=O)c1cccc(Oc2cnc(NC(=O)c3cc(OC(C)C)cc(OC(C)C)c3)s2)c1. The molecule has 0 aliphatic rings. The Balaban J connectivity index is 1.74. The van der Waals surface area contributed by atoms with E-state index < -0.39 is 0 Å². The fourth-order valence-electron chi connectivity index (χ4n) is 2.81. The van der Waals surface area contributed by atoms with Crippen LogP contribution in [0.25, 0.3) is 0 Å². The Morgan fingerprint density at radius 3 is 2.12 bits per heavy atom. The standard InChI is InChI=1S/C24H26N2O5S/c1-14(2)29-20-10-18(11-21(12-20)30-15(3)4)23(28)26-24-25-13-22(32-24)31-19-8-6-7-17(9-19)16(5)27/h6-15H,1-5H3,(H,25,26,28). The van der Waals surface area contributed by atoms with Gasteiger partial charge in [0.05, 0.1) is 18.4 Å². The van der Waals surface area contributed by atoms with Gasteiger partial charge in [-0.05, 0) is 58.9 Å². The van der Waals surface area contributed by atoms with Gasteiger partial charge >= 0.3 is 0 Å². The Labute approximate surface area is 191 Å². The number of ketones is 1. The molecule has 168 valence electrons. The predicted molar refractivity (Wildman–Crippen MR) is 125 cm³/mol. The van der Waals surface area contributed by atoms with Crippen LogP contribution in [0.1, 0.15) is 55.3 Å². The van der Waals surface area contributed by atoms with E-state index in [1.807, 2.05) is 27.7 Å². The quantitative estimate of drug-likeness (QED) is 0.401. The number of hydrogen-bond donors (Lipinski definition) is 1. The highest BCUT2D eigenvalue weighted by Gasteiger charge is 2.15. The summed E-state index contributed by atoms with van der Waals surface area (Å²) in [7, 11) is 0. The monoisotopic (exact) mass is 454 g/mol. The van der Waals surface area contributed by atoms with Crippen LogP contribution in [0.4, 0.5) is 5.13 Å². The molecule has 0 atom stereocenters. The molecule has 1 heterocycles. The van der Waals surface area contributed by atoms with Gasteiger partial charge in [-0.15, -0.1) is 0 Å². The highest BCUT2D eigenvalue weighted by atomic mass is 32.1. The molecule has 2 aromatic carbocycles. The van der Waals surface area contributed by atoms with Crippen molar-refractivity contribution < 1.29 is 23.8 Å². The Morgan fingerprint density at radius 2 is 1.53 bits per heavy atom. The molecule has 0 bridgehead atoms. The third-order valence-corrected chi connectivity index (χ3v) is 4.84. The first-order valence-electron chi connectivity index (χ1n) is 10.2. The molecule has 0 fully saturated rings. The number of rotatable bonds is 9. The van der Waals surface area contributed by atoms with Crippen molar-refractivity contribution >= 4 is 28.2 Å². The molecule has 0 aliphatic heterocycles. The van der Waals surface area contributed by atoms with E-state index in [9.17, 15) is 9.59 Å². The largest absolute Gasteiger partial charge is 0.491 e. The highest BCUT2D eigenvalue weighted by Crippen LogP contribution is 2.31. The number of nitrogens with one attached hydrogen (secondary N) is 1. The smallest absolute Gasteiger partial charge is 0.257 e. The van der Waals surface area contributed by atoms with Crippen LogP contribution in [-0.2, 0) is 0 Å². The number of Topliss-reactive ketones (excluding diaryl/α,β-unsaturated/α-hetero) is 1. The number of carbonyl (C=O) groups excluding carboxylic acids is 2. The van der Waals surface area contributed by atoms with E-state index in [0.717, 1.165) is 0 Å². The molecular formula is C24H26N2O5S. The lowest BCUT2D eigenvalue weighted by atomic mass is 10.1. The summed E-state index contributed by atoms with van der Waals surface area (Å²) in [4.78, 5) is 28.6. The van der Waals surface area contributed by atoms with Crippen LogP contribution in [0.2, 0.25) is 0 Å². The van der Waals surface area contributed by atoms with Gasteiger partial charge in [-0.1, -0.05) is 23.5 Å². The van der Waals surface area contributed by atoms with Gasteiger partial charge in [0, 0.05) is 17.2 Å². The molecule has 0 radical (unpaired) electrons. The van der Waals surface area contributed by atoms with E-state index in [1.54, 1.807) is 42.5 Å². The van der Waals surface area contributed by atoms with Crippen LogP contribution in [0.5, 0.6) is 22.3 Å². The molecule has 3 rings (SSSR count). The summed E-state index contributed by atoms with van der Waals surface area (Å²) in [5, 5.41) is 3.65. The van der Waals surface area contributed by atoms with Crippen LogP contribution in [-0.4, -0.2) is 28.9 Å². The summed E-state index contributed by atoms with van der Waals surface area (Å²) in [5.41, 5.74) is 0.953. The lowest BCUT2D eigenvalue weighted by molar-refractivity contribution is 0.101. The number of ether oxygens (including phenoxy) is 3. The van der Waals surface area contributed by atoms with Crippen LogP contribution in [0, 0.1) is 0 Å². The van der Waals surface area contributed by atoms with Crippen LogP contribution >= 0.6 is 11.3 Å². The highest BCUT2D eigenvalue weighted by molar-refractivity contribution is 7.17. The minimum atomic E-state index is -0.340. The Bertz CT molecular complexity index is 1080. The number of carbonyl (C=O) groups is 2. The van der Waals surface area contributed by atoms with Gasteiger partial charge in [-0.25, -0.2) is 4.98 Å². The van der Waals surface area contributed by atoms with E-state index in [0.29, 0.717) is 38.6 Å². The molecule has 1 N–H and O–H groups in total. The summed E-state index contributed by atoms with van der Waals surface area (Å²) in [6.45, 7) is 9.16. The normalized spacial score (nSPS) is 10.8. The second kappa shape index (κ2) is 10.3. The maximum atomic E-state index is 12.8. The second-order valence-corrected chi connectivity index (χ2v) is 8.64. The molecule has 7 nitrogen and oxygen atoms in total. The topological polar surface area (TPSA) is 86.8 Å². The molecule has 0 saturated heterocycles. The van der Waals surface area contributed by atoms with E-state index in [2.05, 4.69) is 10.3 Å². The summed E-state index contributed by atoms with van der Waals surface area (Å²) >= 11 is 1.18. The van der Waals surface area contributed by atoms with Crippen molar-refractivity contribution in [3.63, 3.8) is 0 Å². The Hall–Kier alpha value is -3.39. The molecule has 8 heteroatoms. The first kappa shape index (κ1) is 23.3. The number of anilines is 1. The van der Waals surface area contributed by atoms with Crippen LogP contribution in [0.15, 0.2) is 48.7 Å². The van der Waals surface area contributed by atoms with E-state index >= 15 is 0 Å². The number of thiazole rings is 1. The number of nitrogens with zero attached hydrogens (tertiary/aromatic N) is 1. The number of hydrogen-bond acceptors (Lipinski definition) is 7. The second-order valence-electron chi connectivity index (χ2n) is 7.65. The zero-order valence-electron chi connectivity index (χ0n) is 18.7. The third kappa shape index (κ3) is 6.55. The number of aromatic nitrogens is 1. The molecular weight excluding hydrogens is 428 g/mol. The zero-order chi connectivity index (χ0) is 23.3. The molecule has 0 spiro atoms. The summed E-state index contributed by atoms with van der Waals surface area (Å²) in [6.07, 6.45) is 1.44. The van der Waals surface area contributed by atoms with E-state index in [1.165, 1.54) is 24.5 Å². The Morgan fingerprint density at radius 1 is 0.906 bits per heavy atom. The molecule has 32 heavy (non-hydrogen) atoms. The minimum absolute atomic E-state index is 0.0413. The fourth-order valence-corrected chi connectivity index (χ4v) is 3.49. The lowest BCUT2D eigenvalue weighted by Gasteiger charge is -2.15. The fraction of sp³-hybridized carbons (Fsp3) is 0.292. The van der Waals surface area contributed by atoms with Gasteiger partial charge in [0.15, 0.2) is 10.9 Å². The molecule has 1 amide bonds. The van der Waals surface area contributed by atoms with Gasteiger partial charge < -0.3 is 14.2 Å². The molecule has 1 aromatic heterocycles. The third-order valence-electron chi connectivity index (χ3n) is 4.05. The maximum Gasteiger partial charge on any atom is 0.257 e. The first-order valence-corrected chi connectivity index (χ1v) is 11.1. The molecule has 0 saturated carbocycles. The van der Waals surface area contributed by atoms with Gasteiger partial charge in [-0.2, -0.15) is 0 Å². The van der Waals surface area contributed by atoms with Gasteiger partial charge in [0.25, 0.3) is 5.91 Å². The number of benzene rings is 2. The average Bonchev–Trinajstić information content (AvgIpc) is 3.13. The van der Waals surface area contributed by atoms with E-state index in [-0.39, 0.29) is 23.9 Å². The van der Waals surface area contributed by atoms with Crippen LogP contribution in [0.3, 0.4) is 0 Å². The van der Waals surface area contributed by atoms with Crippen molar-refractivity contribution in [1.29, 1.82) is 0 Å². The minimum Gasteiger partial charge on any atom is -0.491 e. The lowest BCUT2D eigenvalue weighted by Crippen LogP contribution is -2.14. The maximum absolute atomic E-state index is 12.8. The average molecular weight is 455 g/mol. The molecule has 0 unspecified atom stereocenters. The number of amides is 1. The van der Waals surface area contributed by atoms with Crippen molar-refractivity contribution in [1.82, 2.24) is 4.98 Å². The van der Waals surface area contributed by atoms with Crippen molar-refractivity contribution in [2.45, 2.75) is 46.8 Å². The van der Waals surface area contributed by atoms with Gasteiger partial charge in [0.2, 0.25) is 5.06 Å². The zero-order valence-corrected chi connectivity index (χ0v) is 19.5. The summed E-state index contributed by atoms with van der Waals surface area (Å²) in [5.74, 6) is 1.24. The van der Waals surface area contributed by atoms with Crippen LogP contribution < -0.4 is 19.5 Å². The van der Waals surface area contributed by atoms with Crippen molar-refractivity contribution in [3.05, 3.63) is 59.8 Å². The van der Waals surface area contributed by atoms with Crippen molar-refractivity contribution in [3.8, 4) is 22.3 Å². The van der Waals surface area contributed by atoms with Crippen molar-refractivity contribution in [2.75, 3.05) is 5.32 Å². The molecule has 3 aromatic rings. The first-order chi connectivity index (χ1) is 15.2. The van der Waals surface area contributed by atoms with Crippen molar-refractivity contribution in [2.24, 2.45) is 0 Å². The molecule has 0 aliphatic carbocycles. The van der Waals surface area contributed by atoms with Gasteiger partial charge in [0.1, 0.15) is 17.2 Å². The summed E-state index contributed by atoms with van der Waals surface area (Å²) < 4.78 is 17.3. The summed E-state index contributed by atoms with van der Waals surface area (Å²) in [6, 6.07) is 12.0. The Kier molecular flexibility index (Phi) is 7.48. The predicted octanol–water partition coefficient (Wildman–Crippen LogP) is 5.96. The van der Waals surface area contributed by atoms with Gasteiger partial charge in [-0.3, -0.25) is 14.9 Å². The van der Waals surface area contributed by atoms with E-state index in [4.69, 9.17) is 14.2 Å².